The van der Waals surface area contributed by atoms with Crippen molar-refractivity contribution in [1.82, 2.24) is 15.5 Å². The smallest absolute Gasteiger partial charge is 0.325 e. The van der Waals surface area contributed by atoms with Crippen molar-refractivity contribution in [2.75, 3.05) is 13.1 Å². The summed E-state index contributed by atoms with van der Waals surface area (Å²) in [6, 6.07) is 4.10. The number of rotatable bonds is 6. The number of amides is 4. The average molecular weight is 372 g/mol. The highest BCUT2D eigenvalue weighted by atomic mass is 35.5. The first kappa shape index (κ1) is 18.5. The summed E-state index contributed by atoms with van der Waals surface area (Å²) in [5.74, 6) is -0.873. The van der Waals surface area contributed by atoms with Crippen molar-refractivity contribution in [3.63, 3.8) is 0 Å². The van der Waals surface area contributed by atoms with E-state index in [9.17, 15) is 14.4 Å². The highest BCUT2D eigenvalue weighted by Gasteiger charge is 2.49. The minimum Gasteiger partial charge on any atom is -0.355 e. The molecular weight excluding hydrogens is 353 g/mol. The second-order valence-corrected chi connectivity index (χ2v) is 6.59. The molecule has 1 aromatic rings. The first-order chi connectivity index (χ1) is 11.3. The quantitative estimate of drug-likeness (QED) is 0.595. The van der Waals surface area contributed by atoms with Crippen LogP contribution in [0.2, 0.25) is 10.0 Å². The Hall–Kier alpha value is -1.79. The maximum atomic E-state index is 12.7. The molecule has 1 aromatic carbocycles. The second kappa shape index (κ2) is 7.40. The maximum absolute atomic E-state index is 12.7. The third kappa shape index (κ3) is 3.65. The standard InChI is InChI=1S/C16H19Cl2N3O3/c1-3-4-7-19-13(22)9-21-14(23)16(2,20-15(21)24)10-5-6-11(17)12(18)8-10/h5-6,8H,3-4,7,9H2,1-2H3,(H,19,22)(H,20,24)/t16-/m1/s1. The number of nitrogens with one attached hydrogen (secondary N) is 2. The number of nitrogens with zero attached hydrogens (tertiary/aromatic N) is 1. The third-order valence-corrected chi connectivity index (χ3v) is 4.67. The zero-order valence-electron chi connectivity index (χ0n) is 13.5. The SMILES string of the molecule is CCCCNC(=O)CN1C(=O)N[C@](C)(c2ccc(Cl)c(Cl)c2)C1=O. The Labute approximate surface area is 150 Å². The number of halogens is 2. The van der Waals surface area contributed by atoms with Crippen LogP contribution in [0.4, 0.5) is 4.79 Å². The summed E-state index contributed by atoms with van der Waals surface area (Å²) in [6.07, 6.45) is 1.78. The molecule has 0 unspecified atom stereocenters. The van der Waals surface area contributed by atoms with Crippen LogP contribution >= 0.6 is 23.2 Å². The molecule has 0 radical (unpaired) electrons. The summed E-state index contributed by atoms with van der Waals surface area (Å²) in [5.41, 5.74) is -0.779. The van der Waals surface area contributed by atoms with Crippen molar-refractivity contribution in [1.29, 1.82) is 0 Å². The number of urea groups is 1. The van der Waals surface area contributed by atoms with Crippen LogP contribution in [0.15, 0.2) is 18.2 Å². The van der Waals surface area contributed by atoms with Crippen LogP contribution in [-0.4, -0.2) is 35.8 Å². The van der Waals surface area contributed by atoms with Crippen LogP contribution in [0.25, 0.3) is 0 Å². The fourth-order valence-electron chi connectivity index (χ4n) is 2.45. The lowest BCUT2D eigenvalue weighted by Crippen LogP contribution is -2.43. The molecule has 4 amide bonds. The molecule has 130 valence electrons. The molecular formula is C16H19Cl2N3O3. The summed E-state index contributed by atoms with van der Waals surface area (Å²) in [4.78, 5) is 37.6. The Balaban J connectivity index is 2.15. The van der Waals surface area contributed by atoms with Crippen molar-refractivity contribution in [2.45, 2.75) is 32.2 Å². The fourth-order valence-corrected chi connectivity index (χ4v) is 2.75. The van der Waals surface area contributed by atoms with Crippen LogP contribution < -0.4 is 10.6 Å². The van der Waals surface area contributed by atoms with Gasteiger partial charge in [0.1, 0.15) is 12.1 Å². The van der Waals surface area contributed by atoms with E-state index in [1.165, 1.54) is 6.07 Å². The first-order valence-electron chi connectivity index (χ1n) is 7.66. The summed E-state index contributed by atoms with van der Waals surface area (Å²) in [6.45, 7) is 3.78. The summed E-state index contributed by atoms with van der Waals surface area (Å²) < 4.78 is 0. The zero-order chi connectivity index (χ0) is 17.9. The molecule has 1 fully saturated rings. The molecule has 0 aliphatic carbocycles. The third-order valence-electron chi connectivity index (χ3n) is 3.93. The predicted octanol–water partition coefficient (Wildman–Crippen LogP) is 2.68. The van der Waals surface area contributed by atoms with E-state index in [-0.39, 0.29) is 17.5 Å². The number of hydrogen-bond acceptors (Lipinski definition) is 3. The number of hydrogen-bond donors (Lipinski definition) is 2. The van der Waals surface area contributed by atoms with E-state index >= 15 is 0 Å². The minimum absolute atomic E-state index is 0.285. The van der Waals surface area contributed by atoms with Gasteiger partial charge in [-0.2, -0.15) is 0 Å². The Morgan fingerprint density at radius 3 is 2.62 bits per heavy atom. The second-order valence-electron chi connectivity index (χ2n) is 5.78. The zero-order valence-corrected chi connectivity index (χ0v) is 15.0. The molecule has 2 N–H and O–H groups in total. The topological polar surface area (TPSA) is 78.5 Å². The Bertz CT molecular complexity index is 681. The molecule has 1 saturated heterocycles. The average Bonchev–Trinajstić information content (AvgIpc) is 2.74. The minimum atomic E-state index is -1.28. The van der Waals surface area contributed by atoms with Crippen molar-refractivity contribution in [2.24, 2.45) is 0 Å². The molecule has 8 heteroatoms. The van der Waals surface area contributed by atoms with E-state index in [2.05, 4.69) is 10.6 Å². The van der Waals surface area contributed by atoms with Crippen LogP contribution in [0, 0.1) is 0 Å². The maximum Gasteiger partial charge on any atom is 0.325 e. The van der Waals surface area contributed by atoms with Gasteiger partial charge in [-0.05, 0) is 31.0 Å². The van der Waals surface area contributed by atoms with Gasteiger partial charge >= 0.3 is 6.03 Å². The molecule has 0 saturated carbocycles. The molecule has 1 atom stereocenters. The Kier molecular flexibility index (Phi) is 5.72. The van der Waals surface area contributed by atoms with Crippen LogP contribution in [0.1, 0.15) is 32.3 Å². The molecule has 24 heavy (non-hydrogen) atoms. The normalized spacial score (nSPS) is 20.2. The van der Waals surface area contributed by atoms with Crippen LogP contribution in [-0.2, 0) is 15.1 Å². The molecule has 1 aliphatic rings. The van der Waals surface area contributed by atoms with Crippen molar-refractivity contribution < 1.29 is 14.4 Å². The highest BCUT2D eigenvalue weighted by molar-refractivity contribution is 6.42. The van der Waals surface area contributed by atoms with Gasteiger partial charge in [-0.15, -0.1) is 0 Å². The van der Waals surface area contributed by atoms with Crippen LogP contribution in [0.5, 0.6) is 0 Å². The number of benzene rings is 1. The van der Waals surface area contributed by atoms with Gasteiger partial charge < -0.3 is 10.6 Å². The lowest BCUT2D eigenvalue weighted by atomic mass is 9.92. The molecule has 0 aromatic heterocycles. The van der Waals surface area contributed by atoms with Gasteiger partial charge in [-0.3, -0.25) is 14.5 Å². The van der Waals surface area contributed by atoms with E-state index in [0.717, 1.165) is 17.7 Å². The van der Waals surface area contributed by atoms with Gasteiger partial charge in [0.25, 0.3) is 5.91 Å². The molecule has 1 aliphatic heterocycles. The molecule has 2 rings (SSSR count). The lowest BCUT2D eigenvalue weighted by molar-refractivity contribution is -0.134. The van der Waals surface area contributed by atoms with Gasteiger partial charge in [0.15, 0.2) is 0 Å². The van der Waals surface area contributed by atoms with Gasteiger partial charge in [0, 0.05) is 6.54 Å². The number of unbranched alkanes of at least 4 members (excludes halogenated alkanes) is 1. The largest absolute Gasteiger partial charge is 0.355 e. The van der Waals surface area contributed by atoms with E-state index in [4.69, 9.17) is 23.2 Å². The highest BCUT2D eigenvalue weighted by Crippen LogP contribution is 2.32. The van der Waals surface area contributed by atoms with E-state index in [0.29, 0.717) is 17.1 Å². The fraction of sp³-hybridized carbons (Fsp3) is 0.438. The van der Waals surface area contributed by atoms with Crippen molar-refractivity contribution in [3.05, 3.63) is 33.8 Å². The van der Waals surface area contributed by atoms with E-state index < -0.39 is 17.5 Å². The monoisotopic (exact) mass is 371 g/mol. The Morgan fingerprint density at radius 2 is 2.00 bits per heavy atom. The molecule has 6 nitrogen and oxygen atoms in total. The van der Waals surface area contributed by atoms with E-state index in [1.54, 1.807) is 19.1 Å². The van der Waals surface area contributed by atoms with Gasteiger partial charge in [-0.25, -0.2) is 4.79 Å². The van der Waals surface area contributed by atoms with Gasteiger partial charge in [0.05, 0.1) is 10.0 Å². The summed E-state index contributed by atoms with van der Waals surface area (Å²) in [5, 5.41) is 5.95. The summed E-state index contributed by atoms with van der Waals surface area (Å²) in [7, 11) is 0. The predicted molar refractivity (Wildman–Crippen MR) is 92.0 cm³/mol. The molecule has 0 bridgehead atoms. The summed E-state index contributed by atoms with van der Waals surface area (Å²) >= 11 is 11.9. The van der Waals surface area contributed by atoms with Gasteiger partial charge in [-0.1, -0.05) is 42.6 Å². The number of carbonyl (C=O) groups is 3. The van der Waals surface area contributed by atoms with Gasteiger partial charge in [0.2, 0.25) is 5.91 Å². The molecule has 0 spiro atoms. The molecule has 1 heterocycles. The van der Waals surface area contributed by atoms with E-state index in [1.807, 2.05) is 6.92 Å². The number of carbonyl (C=O) groups excluding carboxylic acids is 3. The van der Waals surface area contributed by atoms with Crippen molar-refractivity contribution >= 4 is 41.0 Å². The van der Waals surface area contributed by atoms with Crippen LogP contribution in [0.3, 0.4) is 0 Å². The first-order valence-corrected chi connectivity index (χ1v) is 8.41. The lowest BCUT2D eigenvalue weighted by Gasteiger charge is -2.22. The van der Waals surface area contributed by atoms with Crippen molar-refractivity contribution in [3.8, 4) is 0 Å². The number of imide groups is 1. The Morgan fingerprint density at radius 1 is 1.29 bits per heavy atom.